The molecule has 0 bridgehead atoms. The number of rotatable bonds is 7. The smallest absolute Gasteiger partial charge is 0.220 e. The van der Waals surface area contributed by atoms with Crippen molar-refractivity contribution in [1.82, 2.24) is 5.32 Å². The molecule has 0 aliphatic carbocycles. The van der Waals surface area contributed by atoms with Crippen LogP contribution in [0.1, 0.15) is 34.1 Å². The van der Waals surface area contributed by atoms with Gasteiger partial charge in [-0.25, -0.2) is 4.39 Å². The Kier molecular flexibility index (Phi) is 5.95. The van der Waals surface area contributed by atoms with Gasteiger partial charge in [0.05, 0.1) is 11.4 Å². The van der Waals surface area contributed by atoms with E-state index in [4.69, 9.17) is 4.74 Å². The number of carbonyl (C=O) groups is 2. The molecular weight excluding hydrogens is 401 g/mol. The lowest BCUT2D eigenvalue weighted by Crippen LogP contribution is -2.34. The van der Waals surface area contributed by atoms with Gasteiger partial charge >= 0.3 is 0 Å². The summed E-state index contributed by atoms with van der Waals surface area (Å²) in [4.78, 5) is 25.2. The highest BCUT2D eigenvalue weighted by molar-refractivity contribution is 7.17. The zero-order valence-corrected chi connectivity index (χ0v) is 17.4. The minimum absolute atomic E-state index is 0.0173. The number of ketones is 1. The molecule has 0 saturated carbocycles. The van der Waals surface area contributed by atoms with Gasteiger partial charge in [0.25, 0.3) is 0 Å². The molecule has 0 saturated heterocycles. The Balaban J connectivity index is 1.39. The lowest BCUT2D eigenvalue weighted by molar-refractivity contribution is -0.121. The molecule has 4 rings (SSSR count). The van der Waals surface area contributed by atoms with E-state index in [9.17, 15) is 14.0 Å². The summed E-state index contributed by atoms with van der Waals surface area (Å²) in [6.45, 7) is 1.88. The zero-order valence-electron chi connectivity index (χ0n) is 16.6. The van der Waals surface area contributed by atoms with Gasteiger partial charge in [-0.2, -0.15) is 0 Å². The van der Waals surface area contributed by atoms with E-state index in [0.717, 1.165) is 16.0 Å². The molecular formula is C24H22FNO3S. The van der Waals surface area contributed by atoms with Gasteiger partial charge in [0.1, 0.15) is 17.7 Å². The SMILES string of the molecule is CC(=O)c1ccc(-c2cc(F)cc3c2OC(CNC(=O)CCc2ccccc2)C3)s1. The van der Waals surface area contributed by atoms with Crippen molar-refractivity contribution in [3.63, 3.8) is 0 Å². The number of hydrogen-bond donors (Lipinski definition) is 1. The standard InChI is InChI=1S/C24H22FNO3S/c1-15(27)21-8-9-22(30-21)20-13-18(25)11-17-12-19(29-24(17)20)14-26-23(28)10-7-16-5-3-2-4-6-16/h2-6,8-9,11,13,19H,7,10,12,14H2,1H3,(H,26,28). The minimum Gasteiger partial charge on any atom is -0.487 e. The second kappa shape index (κ2) is 8.79. The lowest BCUT2D eigenvalue weighted by Gasteiger charge is -2.13. The molecule has 1 unspecified atom stereocenters. The summed E-state index contributed by atoms with van der Waals surface area (Å²) in [6.07, 6.45) is 1.38. The van der Waals surface area contributed by atoms with Gasteiger partial charge in [0, 0.05) is 28.8 Å². The van der Waals surface area contributed by atoms with Crippen LogP contribution in [0.25, 0.3) is 10.4 Å². The van der Waals surface area contributed by atoms with Gasteiger partial charge in [0.15, 0.2) is 5.78 Å². The van der Waals surface area contributed by atoms with Crippen molar-refractivity contribution in [1.29, 1.82) is 0 Å². The van der Waals surface area contributed by atoms with Crippen LogP contribution in [0.5, 0.6) is 5.75 Å². The third-order valence-electron chi connectivity index (χ3n) is 5.09. The number of halogens is 1. The van der Waals surface area contributed by atoms with E-state index in [-0.39, 0.29) is 23.6 Å². The number of Topliss-reactive ketones (excluding diaryl/α,β-unsaturated/α-hetero) is 1. The number of fused-ring (bicyclic) bond motifs is 1. The Morgan fingerprint density at radius 2 is 1.97 bits per heavy atom. The Morgan fingerprint density at radius 1 is 1.17 bits per heavy atom. The molecule has 4 nitrogen and oxygen atoms in total. The molecule has 6 heteroatoms. The first-order chi connectivity index (χ1) is 14.5. The van der Waals surface area contributed by atoms with E-state index in [1.807, 2.05) is 36.4 Å². The number of nitrogens with one attached hydrogen (secondary N) is 1. The topological polar surface area (TPSA) is 55.4 Å². The van der Waals surface area contributed by atoms with Gasteiger partial charge in [-0.1, -0.05) is 30.3 Å². The highest BCUT2D eigenvalue weighted by atomic mass is 32.1. The first-order valence-corrected chi connectivity index (χ1v) is 10.7. The maximum absolute atomic E-state index is 14.2. The van der Waals surface area contributed by atoms with Crippen molar-refractivity contribution in [2.75, 3.05) is 6.54 Å². The fourth-order valence-electron chi connectivity index (χ4n) is 3.58. The van der Waals surface area contributed by atoms with Crippen LogP contribution in [0, 0.1) is 5.82 Å². The largest absolute Gasteiger partial charge is 0.487 e. The summed E-state index contributed by atoms with van der Waals surface area (Å²) in [5, 5.41) is 2.92. The second-order valence-electron chi connectivity index (χ2n) is 7.40. The number of aryl methyl sites for hydroxylation is 1. The first kappa shape index (κ1) is 20.3. The molecule has 30 heavy (non-hydrogen) atoms. The Morgan fingerprint density at radius 3 is 2.70 bits per heavy atom. The van der Waals surface area contributed by atoms with Crippen molar-refractivity contribution in [2.24, 2.45) is 0 Å². The summed E-state index contributed by atoms with van der Waals surface area (Å²) in [5.74, 6) is 0.250. The zero-order chi connectivity index (χ0) is 21.1. The molecule has 3 aromatic rings. The molecule has 2 aromatic carbocycles. The summed E-state index contributed by atoms with van der Waals surface area (Å²) in [5.41, 5.74) is 2.56. The van der Waals surface area contributed by atoms with E-state index >= 15 is 0 Å². The molecule has 1 amide bonds. The van der Waals surface area contributed by atoms with Gasteiger partial charge in [-0.15, -0.1) is 11.3 Å². The minimum atomic E-state index is -0.335. The number of hydrogen-bond acceptors (Lipinski definition) is 4. The molecule has 154 valence electrons. The second-order valence-corrected chi connectivity index (χ2v) is 8.48. The average Bonchev–Trinajstić information content (AvgIpc) is 3.38. The van der Waals surface area contributed by atoms with Crippen LogP contribution in [-0.4, -0.2) is 24.3 Å². The molecule has 1 atom stereocenters. The number of benzene rings is 2. The van der Waals surface area contributed by atoms with E-state index < -0.39 is 0 Å². The van der Waals surface area contributed by atoms with E-state index in [1.165, 1.54) is 30.4 Å². The van der Waals surface area contributed by atoms with Crippen LogP contribution in [0.4, 0.5) is 4.39 Å². The first-order valence-electron chi connectivity index (χ1n) is 9.90. The predicted octanol–water partition coefficient (Wildman–Crippen LogP) is 4.81. The molecule has 0 spiro atoms. The number of amides is 1. The molecule has 1 aliphatic rings. The Bertz CT molecular complexity index is 1080. The van der Waals surface area contributed by atoms with Crippen LogP contribution in [0.3, 0.4) is 0 Å². The van der Waals surface area contributed by atoms with Crippen LogP contribution in [-0.2, 0) is 17.6 Å². The van der Waals surface area contributed by atoms with E-state index in [1.54, 1.807) is 6.07 Å². The van der Waals surface area contributed by atoms with Gasteiger partial charge in [-0.3, -0.25) is 9.59 Å². The summed E-state index contributed by atoms with van der Waals surface area (Å²) in [7, 11) is 0. The highest BCUT2D eigenvalue weighted by Crippen LogP contribution is 2.42. The van der Waals surface area contributed by atoms with Crippen LogP contribution in [0.15, 0.2) is 54.6 Å². The predicted molar refractivity (Wildman–Crippen MR) is 116 cm³/mol. The van der Waals surface area contributed by atoms with Crippen molar-refractivity contribution in [3.8, 4) is 16.2 Å². The van der Waals surface area contributed by atoms with Crippen LogP contribution >= 0.6 is 11.3 Å². The third-order valence-corrected chi connectivity index (χ3v) is 6.31. The molecule has 1 aromatic heterocycles. The van der Waals surface area contributed by atoms with Crippen molar-refractivity contribution in [3.05, 3.63) is 76.4 Å². The fraction of sp³-hybridized carbons (Fsp3) is 0.250. The molecule has 0 radical (unpaired) electrons. The number of thiophene rings is 1. The average molecular weight is 424 g/mol. The molecule has 2 heterocycles. The van der Waals surface area contributed by atoms with Crippen molar-refractivity contribution in [2.45, 2.75) is 32.3 Å². The van der Waals surface area contributed by atoms with Gasteiger partial charge in [-0.05, 0) is 43.2 Å². The summed E-state index contributed by atoms with van der Waals surface area (Å²) < 4.78 is 20.3. The molecule has 1 N–H and O–H groups in total. The lowest BCUT2D eigenvalue weighted by atomic mass is 10.0. The number of ether oxygens (including phenoxy) is 1. The van der Waals surface area contributed by atoms with Crippen molar-refractivity contribution >= 4 is 23.0 Å². The van der Waals surface area contributed by atoms with Crippen molar-refractivity contribution < 1.29 is 18.7 Å². The monoisotopic (exact) mass is 423 g/mol. The third kappa shape index (κ3) is 4.60. The van der Waals surface area contributed by atoms with Crippen LogP contribution in [0.2, 0.25) is 0 Å². The Labute approximate surface area is 178 Å². The quantitative estimate of drug-likeness (QED) is 0.555. The molecule has 1 aliphatic heterocycles. The van der Waals surface area contributed by atoms with Gasteiger partial charge in [0.2, 0.25) is 5.91 Å². The highest BCUT2D eigenvalue weighted by Gasteiger charge is 2.28. The maximum Gasteiger partial charge on any atom is 0.220 e. The fourth-order valence-corrected chi connectivity index (χ4v) is 4.50. The summed E-state index contributed by atoms with van der Waals surface area (Å²) >= 11 is 1.33. The summed E-state index contributed by atoms with van der Waals surface area (Å²) in [6, 6.07) is 16.4. The molecule has 0 fully saturated rings. The normalized spacial score (nSPS) is 14.8. The maximum atomic E-state index is 14.2. The van der Waals surface area contributed by atoms with E-state index in [0.29, 0.717) is 42.0 Å². The Hall–Kier alpha value is -2.99. The van der Waals surface area contributed by atoms with Gasteiger partial charge < -0.3 is 10.1 Å². The number of carbonyl (C=O) groups excluding carboxylic acids is 2. The van der Waals surface area contributed by atoms with Crippen LogP contribution < -0.4 is 10.1 Å². The van der Waals surface area contributed by atoms with E-state index in [2.05, 4.69) is 5.32 Å².